The molecule has 0 aromatic heterocycles. The molecule has 10 N–H and O–H groups in total. The third kappa shape index (κ3) is 11.1. The van der Waals surface area contributed by atoms with E-state index in [1.54, 1.807) is 65.0 Å². The van der Waals surface area contributed by atoms with Gasteiger partial charge in [0, 0.05) is 76.8 Å². The van der Waals surface area contributed by atoms with Crippen LogP contribution in [0.25, 0.3) is 0 Å². The van der Waals surface area contributed by atoms with Crippen molar-refractivity contribution in [2.24, 2.45) is 0 Å². The molecule has 28 heteroatoms. The van der Waals surface area contributed by atoms with Gasteiger partial charge in [-0.15, -0.1) is 0 Å². The molecule has 6 heterocycles. The molecule has 6 bridgehead atoms. The van der Waals surface area contributed by atoms with E-state index in [-0.39, 0.29) is 62.3 Å². The van der Waals surface area contributed by atoms with E-state index in [9.17, 15) is 79.8 Å². The number of hydrogen-bond donors (Lipinski definition) is 10. The van der Waals surface area contributed by atoms with Gasteiger partial charge in [0.25, 0.3) is 0 Å². The third-order valence-corrected chi connectivity index (χ3v) is 23.7. The lowest BCUT2D eigenvalue weighted by Gasteiger charge is -2.61. The Kier molecular flexibility index (Phi) is 19.3. The molecule has 28 nitrogen and oxygen atoms in total. The largest absolute Gasteiger partial charge is 0.481 e. The summed E-state index contributed by atoms with van der Waals surface area (Å²) in [5, 5.41) is 107. The van der Waals surface area contributed by atoms with Gasteiger partial charge >= 0.3 is 35.8 Å². The zero-order valence-electron chi connectivity index (χ0n) is 58.9. The fourth-order valence-corrected chi connectivity index (χ4v) is 19.0. The van der Waals surface area contributed by atoms with E-state index in [2.05, 4.69) is 14.7 Å². The van der Waals surface area contributed by atoms with Crippen LogP contribution in [-0.2, 0) is 113 Å². The summed E-state index contributed by atoms with van der Waals surface area (Å²) in [6.07, 6.45) is -1.30. The summed E-state index contributed by atoms with van der Waals surface area (Å²) >= 11 is 0. The maximum atomic E-state index is 12.8. The van der Waals surface area contributed by atoms with Gasteiger partial charge < -0.3 is 108 Å². The number of piperidine rings is 3. The number of esters is 6. The topological polar surface area (TPSA) is 398 Å². The minimum absolute atomic E-state index is 0.0967. The molecule has 3 aromatic carbocycles. The Bertz CT molecular complexity index is 3920. The number of allylic oxidation sites excluding steroid dienone is 1. The minimum Gasteiger partial charge on any atom is -0.481 e. The number of aliphatic hydroxyl groups is 10. The van der Waals surface area contributed by atoms with Crippen LogP contribution in [0.1, 0.15) is 130 Å². The second-order valence-corrected chi connectivity index (χ2v) is 29.8. The molecule has 6 aliphatic carbocycles. The fourth-order valence-electron chi connectivity index (χ4n) is 19.0. The SMILES string of the molecule is C/C=C/C(=O)O[C@@H](C)C(=O)OC1=CC[C@@]2(O)[C@H]3Cc4ccc(CO)c5c4C2(CCN3C)C1O5.CC(C)OC(=O)[C@@H](O)[C@H](O)C(=O)OC1=CC[C@@]2(O)[C@H]3Cc4ccc(CO)c5c4C2(CCN3C)C1O5.CC(C)OC(=O)[C@H](O)[C@@H](O)C(=O)OC1=CC[C@@]2(O)[C@H]3Cc4ccc(CO)c5c4C2(CCN3C)C1O5. The lowest BCUT2D eigenvalue weighted by molar-refractivity contribution is -0.180. The Morgan fingerprint density at radius 3 is 1.07 bits per heavy atom. The monoisotopic (exact) mass is 1430 g/mol. The summed E-state index contributed by atoms with van der Waals surface area (Å²) in [4.78, 5) is 80.4. The van der Waals surface area contributed by atoms with E-state index in [4.69, 9.17) is 42.6 Å². The molecule has 3 fully saturated rings. The molecule has 0 radical (unpaired) electrons. The highest BCUT2D eigenvalue weighted by atomic mass is 16.6. The van der Waals surface area contributed by atoms with Crippen LogP contribution >= 0.6 is 0 Å². The van der Waals surface area contributed by atoms with E-state index in [1.807, 2.05) is 45.4 Å². The van der Waals surface area contributed by atoms with Crippen LogP contribution in [0.4, 0.5) is 0 Å². The van der Waals surface area contributed by atoms with Gasteiger partial charge in [-0.2, -0.15) is 0 Å². The van der Waals surface area contributed by atoms with Crippen LogP contribution < -0.4 is 14.2 Å². The second-order valence-electron chi connectivity index (χ2n) is 29.8. The number of likely N-dealkylation sites (N-methyl/N-ethyl adjacent to an activating group) is 3. The van der Waals surface area contributed by atoms with Crippen molar-refractivity contribution in [3.63, 3.8) is 0 Å². The number of nitrogens with zero attached hydrogens (tertiary/aromatic N) is 3. The van der Waals surface area contributed by atoms with Crippen LogP contribution in [0.5, 0.6) is 17.2 Å². The molecule has 17 atom stereocenters. The lowest BCUT2D eigenvalue weighted by Crippen LogP contribution is -2.74. The van der Waals surface area contributed by atoms with Crippen molar-refractivity contribution in [1.29, 1.82) is 0 Å². The third-order valence-electron chi connectivity index (χ3n) is 23.7. The number of ether oxygens (including phenoxy) is 9. The number of likely N-dealkylation sites (tertiary alicyclic amines) is 3. The lowest BCUT2D eigenvalue weighted by atomic mass is 9.50. The quantitative estimate of drug-likeness (QED) is 0.0509. The van der Waals surface area contributed by atoms with Gasteiger partial charge in [0.1, 0.15) is 34.5 Å². The first-order valence-corrected chi connectivity index (χ1v) is 35.1. The molecule has 6 aliphatic heterocycles. The Labute approximate surface area is 594 Å². The number of hydrogen-bond acceptors (Lipinski definition) is 28. The summed E-state index contributed by atoms with van der Waals surface area (Å²) in [6, 6.07) is 10.9. The summed E-state index contributed by atoms with van der Waals surface area (Å²) in [6.45, 7) is 10.9. The number of benzene rings is 3. The number of carbonyl (C=O) groups is 6. The predicted octanol–water partition coefficient (Wildman–Crippen LogP) is 0.854. The van der Waals surface area contributed by atoms with Crippen molar-refractivity contribution in [2.45, 2.75) is 231 Å². The van der Waals surface area contributed by atoms with Crippen molar-refractivity contribution in [3.05, 3.63) is 134 Å². The molecule has 3 spiro atoms. The second kappa shape index (κ2) is 27.0. The van der Waals surface area contributed by atoms with Crippen molar-refractivity contribution in [3.8, 4) is 17.2 Å². The van der Waals surface area contributed by atoms with Gasteiger partial charge in [-0.1, -0.05) is 42.5 Å². The van der Waals surface area contributed by atoms with E-state index in [0.717, 1.165) is 39.9 Å². The highest BCUT2D eigenvalue weighted by Gasteiger charge is 2.75. The van der Waals surface area contributed by atoms with Crippen LogP contribution in [0.3, 0.4) is 0 Å². The van der Waals surface area contributed by atoms with E-state index in [0.29, 0.717) is 97.7 Å². The van der Waals surface area contributed by atoms with Crippen molar-refractivity contribution in [2.75, 3.05) is 40.8 Å². The van der Waals surface area contributed by atoms with Crippen molar-refractivity contribution >= 4 is 35.8 Å². The van der Waals surface area contributed by atoms with Gasteiger partial charge in [-0.3, -0.25) is 0 Å². The molecule has 0 saturated carbocycles. The maximum Gasteiger partial charge on any atom is 0.352 e. The molecule has 556 valence electrons. The van der Waals surface area contributed by atoms with Crippen molar-refractivity contribution < 1.29 is 122 Å². The summed E-state index contributed by atoms with van der Waals surface area (Å²) in [7, 11) is 5.97. The van der Waals surface area contributed by atoms with Crippen LogP contribution in [-0.4, -0.2) is 238 Å². The predicted molar refractivity (Wildman–Crippen MR) is 358 cm³/mol. The molecule has 12 aliphatic rings. The highest BCUT2D eigenvalue weighted by molar-refractivity contribution is 5.87. The molecule has 3 aromatic rings. The standard InChI is InChI=1S/2C25H31NO9.C25H29NO7/c2*1-12(2)33-22(30)18(28)19(29)23(31)34-15-6-7-25(32)16-10-13-4-5-14(11-27)20-17(13)24(25,21(15)35-20)8-9-26(16)3;1-4-5-19(28)31-14(2)23(29)32-17-8-9-25(30)18-12-15-6-7-16(13-27)21-20(15)24(25,22(17)33-21)10-11-26(18)3/h2*4-6,12,16,18-19,21,27-29,32H,7-11H2,1-3H3;4-8,14,18,22,27,30H,9-13H2,1-3H3/b;;5-4+/t16-,18+,19+,21?,24?,25-;16-,18-,19-,21?,24?,25-;14-,18+,22?,24?,25+/m110/s1. The molecule has 103 heavy (non-hydrogen) atoms. The highest BCUT2D eigenvalue weighted by Crippen LogP contribution is 2.68. The molecule has 3 saturated heterocycles. The van der Waals surface area contributed by atoms with Crippen LogP contribution in [0, 0.1) is 0 Å². The first-order chi connectivity index (χ1) is 48.9. The summed E-state index contributed by atoms with van der Waals surface area (Å²) in [5.41, 5.74) is 1.40. The van der Waals surface area contributed by atoms with Gasteiger partial charge in [0.05, 0.1) is 65.1 Å². The van der Waals surface area contributed by atoms with Gasteiger partial charge in [-0.05, 0) is 156 Å². The summed E-state index contributed by atoms with van der Waals surface area (Å²) in [5.74, 6) is -4.00. The number of rotatable bonds is 17. The normalized spacial score (nSPS) is 32.4. The zero-order chi connectivity index (χ0) is 74.1. The Morgan fingerprint density at radius 1 is 0.476 bits per heavy atom. The zero-order valence-corrected chi connectivity index (χ0v) is 58.9. The first kappa shape index (κ1) is 73.6. The van der Waals surface area contributed by atoms with E-state index >= 15 is 0 Å². The first-order valence-electron chi connectivity index (χ1n) is 35.1. The Hall–Kier alpha value is -7.68. The molecule has 15 rings (SSSR count). The van der Waals surface area contributed by atoms with E-state index in [1.165, 1.54) is 19.1 Å². The van der Waals surface area contributed by atoms with Gasteiger partial charge in [0.15, 0.2) is 48.8 Å². The average Bonchev–Trinajstić information content (AvgIpc) is 1.59. The van der Waals surface area contributed by atoms with Crippen LogP contribution in [0.2, 0.25) is 0 Å². The number of carbonyl (C=O) groups excluding carboxylic acids is 6. The van der Waals surface area contributed by atoms with Gasteiger partial charge in [-0.25, -0.2) is 28.8 Å². The van der Waals surface area contributed by atoms with Gasteiger partial charge in [0.2, 0.25) is 0 Å². The minimum atomic E-state index is -2.16. The van der Waals surface area contributed by atoms with Crippen LogP contribution in [0.15, 0.2) is 84.1 Å². The number of aliphatic hydroxyl groups excluding tert-OH is 7. The van der Waals surface area contributed by atoms with Crippen molar-refractivity contribution in [1.82, 2.24) is 14.7 Å². The maximum absolute atomic E-state index is 12.8. The molecule has 0 amide bonds. The molecule has 6 unspecified atom stereocenters. The smallest absolute Gasteiger partial charge is 0.352 e. The fraction of sp³-hybridized carbons (Fsp3) is 0.573. The average molecular weight is 1430 g/mol. The Morgan fingerprint density at radius 2 is 0.777 bits per heavy atom. The van der Waals surface area contributed by atoms with E-state index < -0.39 is 130 Å². The molecular formula is C75H91N3O25. The Balaban J connectivity index is 0.000000138. The molecular weight excluding hydrogens is 1340 g/mol. The summed E-state index contributed by atoms with van der Waals surface area (Å²) < 4.78 is 50.7.